The van der Waals surface area contributed by atoms with E-state index in [9.17, 15) is 14.7 Å². The molecular weight excluding hydrogens is 256 g/mol. The molecule has 110 valence electrons. The molecule has 1 N–H and O–H groups in total. The van der Waals surface area contributed by atoms with Gasteiger partial charge in [0.25, 0.3) is 0 Å². The Labute approximate surface area is 119 Å². The van der Waals surface area contributed by atoms with Gasteiger partial charge in [0, 0.05) is 0 Å². The van der Waals surface area contributed by atoms with Gasteiger partial charge in [-0.25, -0.2) is 9.59 Å². The summed E-state index contributed by atoms with van der Waals surface area (Å²) in [5.74, 6) is -1.62. The van der Waals surface area contributed by atoms with E-state index in [2.05, 4.69) is 6.92 Å². The quantitative estimate of drug-likeness (QED) is 0.473. The first-order valence-corrected chi connectivity index (χ1v) is 7.01. The zero-order chi connectivity index (χ0) is 15.0. The molecular formula is C16H22O4. The normalized spacial score (nSPS) is 13.6. The van der Waals surface area contributed by atoms with E-state index in [0.717, 1.165) is 25.7 Å². The highest BCUT2D eigenvalue weighted by molar-refractivity contribution is 5.98. The molecule has 0 aliphatic carbocycles. The van der Waals surface area contributed by atoms with Gasteiger partial charge in [0.15, 0.2) is 5.60 Å². The molecule has 1 rings (SSSR count). The molecule has 0 aromatic heterocycles. The van der Waals surface area contributed by atoms with Crippen molar-refractivity contribution >= 4 is 11.9 Å². The fraction of sp³-hybridized carbons (Fsp3) is 0.500. The van der Waals surface area contributed by atoms with Crippen molar-refractivity contribution in [2.45, 2.75) is 51.6 Å². The van der Waals surface area contributed by atoms with Crippen molar-refractivity contribution in [2.24, 2.45) is 0 Å². The number of esters is 2. The number of aliphatic hydroxyl groups is 1. The average Bonchev–Trinajstić information content (AvgIpc) is 2.44. The van der Waals surface area contributed by atoms with Crippen LogP contribution in [0.15, 0.2) is 30.3 Å². The van der Waals surface area contributed by atoms with Crippen LogP contribution < -0.4 is 0 Å². The van der Waals surface area contributed by atoms with Crippen molar-refractivity contribution in [3.63, 3.8) is 0 Å². The van der Waals surface area contributed by atoms with Crippen molar-refractivity contribution in [3.05, 3.63) is 35.9 Å². The lowest BCUT2D eigenvalue weighted by atomic mass is 9.98. The van der Waals surface area contributed by atoms with Gasteiger partial charge in [0.2, 0.25) is 0 Å². The van der Waals surface area contributed by atoms with Gasteiger partial charge in [-0.05, 0) is 31.9 Å². The number of benzene rings is 1. The van der Waals surface area contributed by atoms with Gasteiger partial charge in [-0.2, -0.15) is 0 Å². The summed E-state index contributed by atoms with van der Waals surface area (Å²) in [5, 5.41) is 10.1. The van der Waals surface area contributed by atoms with Crippen LogP contribution in [0, 0.1) is 0 Å². The van der Waals surface area contributed by atoms with Crippen molar-refractivity contribution in [3.8, 4) is 0 Å². The number of hydrogen-bond donors (Lipinski definition) is 1. The number of carbonyl (C=O) groups excluding carboxylic acids is 2. The van der Waals surface area contributed by atoms with E-state index < -0.39 is 17.5 Å². The molecule has 0 radical (unpaired) electrons. The molecule has 0 saturated carbocycles. The van der Waals surface area contributed by atoms with Crippen LogP contribution >= 0.6 is 0 Å². The van der Waals surface area contributed by atoms with E-state index in [1.165, 1.54) is 6.92 Å². The smallest absolute Gasteiger partial charge is 0.345 e. The van der Waals surface area contributed by atoms with E-state index >= 15 is 0 Å². The highest BCUT2D eigenvalue weighted by Gasteiger charge is 2.33. The second-order valence-electron chi connectivity index (χ2n) is 5.13. The Kier molecular flexibility index (Phi) is 6.39. The van der Waals surface area contributed by atoms with Crippen LogP contribution in [0.3, 0.4) is 0 Å². The Morgan fingerprint density at radius 1 is 1.15 bits per heavy atom. The van der Waals surface area contributed by atoms with E-state index in [1.54, 1.807) is 30.3 Å². The summed E-state index contributed by atoms with van der Waals surface area (Å²) in [7, 11) is 0. The Balaban J connectivity index is 2.50. The van der Waals surface area contributed by atoms with Crippen LogP contribution in [0.4, 0.5) is 0 Å². The van der Waals surface area contributed by atoms with Crippen LogP contribution in [0.2, 0.25) is 0 Å². The SMILES string of the molecule is CCCCCCC(C)(O)C(=O)OC(=O)c1ccccc1. The number of hydrogen-bond acceptors (Lipinski definition) is 4. The minimum Gasteiger partial charge on any atom is -0.387 e. The first-order chi connectivity index (χ1) is 9.47. The zero-order valence-corrected chi connectivity index (χ0v) is 12.1. The fourth-order valence-electron chi connectivity index (χ4n) is 1.83. The third-order valence-electron chi connectivity index (χ3n) is 3.15. The highest BCUT2D eigenvalue weighted by Crippen LogP contribution is 2.17. The summed E-state index contributed by atoms with van der Waals surface area (Å²) in [4.78, 5) is 23.5. The van der Waals surface area contributed by atoms with Gasteiger partial charge in [-0.15, -0.1) is 0 Å². The lowest BCUT2D eigenvalue weighted by molar-refractivity contribution is -0.158. The Hall–Kier alpha value is -1.68. The molecule has 0 aliphatic rings. The molecule has 0 fully saturated rings. The van der Waals surface area contributed by atoms with Crippen LogP contribution in [-0.2, 0) is 9.53 Å². The summed E-state index contributed by atoms with van der Waals surface area (Å²) in [6.45, 7) is 3.48. The maximum absolute atomic E-state index is 11.8. The average molecular weight is 278 g/mol. The van der Waals surface area contributed by atoms with Gasteiger partial charge < -0.3 is 9.84 Å². The van der Waals surface area contributed by atoms with E-state index in [0.29, 0.717) is 12.0 Å². The number of rotatable bonds is 7. The summed E-state index contributed by atoms with van der Waals surface area (Å²) < 4.78 is 4.73. The van der Waals surface area contributed by atoms with Crippen LogP contribution in [0.5, 0.6) is 0 Å². The predicted octanol–water partition coefficient (Wildman–Crippen LogP) is 3.09. The third kappa shape index (κ3) is 5.13. The molecule has 1 atom stereocenters. The molecule has 20 heavy (non-hydrogen) atoms. The highest BCUT2D eigenvalue weighted by atomic mass is 16.6. The molecule has 1 unspecified atom stereocenters. The lowest BCUT2D eigenvalue weighted by Crippen LogP contribution is -2.38. The van der Waals surface area contributed by atoms with Crippen LogP contribution in [0.25, 0.3) is 0 Å². The van der Waals surface area contributed by atoms with Crippen molar-refractivity contribution in [2.75, 3.05) is 0 Å². The van der Waals surface area contributed by atoms with Crippen LogP contribution in [0.1, 0.15) is 56.3 Å². The monoisotopic (exact) mass is 278 g/mol. The maximum atomic E-state index is 11.8. The van der Waals surface area contributed by atoms with Gasteiger partial charge in [0.1, 0.15) is 0 Å². The Morgan fingerprint density at radius 2 is 1.80 bits per heavy atom. The topological polar surface area (TPSA) is 63.6 Å². The number of unbranched alkanes of at least 4 members (excludes halogenated alkanes) is 3. The first kappa shape index (κ1) is 16.4. The molecule has 0 amide bonds. The molecule has 0 aliphatic heterocycles. The molecule has 0 heterocycles. The van der Waals surface area contributed by atoms with Crippen molar-refractivity contribution in [1.29, 1.82) is 0 Å². The summed E-state index contributed by atoms with van der Waals surface area (Å²) in [6.07, 6.45) is 4.13. The Bertz CT molecular complexity index is 437. The summed E-state index contributed by atoms with van der Waals surface area (Å²) in [6, 6.07) is 8.26. The molecule has 1 aromatic carbocycles. The standard InChI is InChI=1S/C16H22O4/c1-3-4-5-9-12-16(2,19)15(18)20-14(17)13-10-7-6-8-11-13/h6-8,10-11,19H,3-5,9,12H2,1-2H3. The molecule has 0 saturated heterocycles. The Morgan fingerprint density at radius 3 is 2.40 bits per heavy atom. The third-order valence-corrected chi connectivity index (χ3v) is 3.15. The van der Waals surface area contributed by atoms with Gasteiger partial charge in [-0.3, -0.25) is 0 Å². The van der Waals surface area contributed by atoms with E-state index in [-0.39, 0.29) is 0 Å². The second-order valence-corrected chi connectivity index (χ2v) is 5.13. The van der Waals surface area contributed by atoms with Crippen molar-refractivity contribution in [1.82, 2.24) is 0 Å². The van der Waals surface area contributed by atoms with E-state index in [1.807, 2.05) is 0 Å². The molecule has 4 nitrogen and oxygen atoms in total. The molecule has 0 spiro atoms. The second kappa shape index (κ2) is 7.80. The van der Waals surface area contributed by atoms with E-state index in [4.69, 9.17) is 4.74 Å². The minimum atomic E-state index is -1.61. The lowest BCUT2D eigenvalue weighted by Gasteiger charge is -2.20. The summed E-state index contributed by atoms with van der Waals surface area (Å²) >= 11 is 0. The van der Waals surface area contributed by atoms with Gasteiger partial charge >= 0.3 is 11.9 Å². The first-order valence-electron chi connectivity index (χ1n) is 7.01. The number of carbonyl (C=O) groups is 2. The van der Waals surface area contributed by atoms with Gasteiger partial charge in [0.05, 0.1) is 5.56 Å². The molecule has 4 heteroatoms. The van der Waals surface area contributed by atoms with Gasteiger partial charge in [-0.1, -0.05) is 44.4 Å². The summed E-state index contributed by atoms with van der Waals surface area (Å²) in [5.41, 5.74) is -1.32. The number of ether oxygens (including phenoxy) is 1. The minimum absolute atomic E-state index is 0.294. The fourth-order valence-corrected chi connectivity index (χ4v) is 1.83. The molecule has 1 aromatic rings. The zero-order valence-electron chi connectivity index (χ0n) is 12.1. The maximum Gasteiger partial charge on any atom is 0.345 e. The predicted molar refractivity (Wildman–Crippen MR) is 76.2 cm³/mol. The molecule has 0 bridgehead atoms. The van der Waals surface area contributed by atoms with Crippen molar-refractivity contribution < 1.29 is 19.4 Å². The van der Waals surface area contributed by atoms with Crippen LogP contribution in [-0.4, -0.2) is 22.6 Å². The largest absolute Gasteiger partial charge is 0.387 e.